The third-order valence-electron chi connectivity index (χ3n) is 3.75. The summed E-state index contributed by atoms with van der Waals surface area (Å²) in [4.78, 5) is 0. The van der Waals surface area contributed by atoms with Crippen molar-refractivity contribution in [2.75, 3.05) is 13.2 Å². The highest BCUT2D eigenvalue weighted by Crippen LogP contribution is 2.20. The molecule has 2 N–H and O–H groups in total. The number of benzene rings is 1. The maximum atomic E-state index is 9.94. The third kappa shape index (κ3) is 4.00. The molecule has 1 aromatic heterocycles. The molecule has 3 rings (SSSR count). The Morgan fingerprint density at radius 3 is 3.05 bits per heavy atom. The number of hydrogen-bond acceptors (Lipinski definition) is 6. The summed E-state index contributed by atoms with van der Waals surface area (Å²) in [6.45, 7) is 0.770. The van der Waals surface area contributed by atoms with Crippen molar-refractivity contribution >= 4 is 11.7 Å². The second kappa shape index (κ2) is 6.98. The Morgan fingerprint density at radius 1 is 1.38 bits per heavy atom. The molecule has 21 heavy (non-hydrogen) atoms. The van der Waals surface area contributed by atoms with E-state index in [1.165, 1.54) is 11.1 Å². The molecule has 1 aromatic carbocycles. The fourth-order valence-corrected chi connectivity index (χ4v) is 3.00. The van der Waals surface area contributed by atoms with Crippen LogP contribution in [0, 0.1) is 0 Å². The van der Waals surface area contributed by atoms with Gasteiger partial charge in [-0.1, -0.05) is 24.3 Å². The molecule has 2 aromatic rings. The molecule has 1 aliphatic carbocycles. The largest absolute Gasteiger partial charge is 0.473 e. The number of nitrogens with one attached hydrogen (secondary N) is 1. The predicted octanol–water partition coefficient (Wildman–Crippen LogP) is 1.42. The van der Waals surface area contributed by atoms with E-state index in [0.29, 0.717) is 18.5 Å². The summed E-state index contributed by atoms with van der Waals surface area (Å²) in [6, 6.07) is 9.01. The molecule has 0 radical (unpaired) electrons. The first kappa shape index (κ1) is 14.4. The molecule has 5 nitrogen and oxygen atoms in total. The molecule has 0 saturated carbocycles. The lowest BCUT2D eigenvalue weighted by Gasteiger charge is -2.26. The molecule has 0 fully saturated rings. The molecule has 1 aliphatic rings. The highest BCUT2D eigenvalue weighted by atomic mass is 32.1. The van der Waals surface area contributed by atoms with Gasteiger partial charge >= 0.3 is 0 Å². The summed E-state index contributed by atoms with van der Waals surface area (Å²) in [5, 5.41) is 13.4. The van der Waals surface area contributed by atoms with Gasteiger partial charge in [-0.3, -0.25) is 0 Å². The van der Waals surface area contributed by atoms with E-state index in [-0.39, 0.29) is 6.61 Å². The summed E-state index contributed by atoms with van der Waals surface area (Å²) in [7, 11) is 0. The molecular weight excluding hydrogens is 286 g/mol. The van der Waals surface area contributed by atoms with Gasteiger partial charge in [-0.05, 0) is 30.4 Å². The lowest BCUT2D eigenvalue weighted by Crippen LogP contribution is -2.40. The third-order valence-corrected chi connectivity index (χ3v) is 4.21. The molecule has 0 spiro atoms. The second-order valence-electron chi connectivity index (χ2n) is 5.33. The van der Waals surface area contributed by atoms with E-state index >= 15 is 0 Å². The number of aromatic nitrogens is 2. The number of ether oxygens (including phenoxy) is 1. The van der Waals surface area contributed by atoms with E-state index in [9.17, 15) is 5.11 Å². The van der Waals surface area contributed by atoms with Crippen LogP contribution in [0.4, 0.5) is 0 Å². The number of rotatable bonds is 6. The van der Waals surface area contributed by atoms with E-state index < -0.39 is 6.10 Å². The summed E-state index contributed by atoms with van der Waals surface area (Å²) >= 11 is 1.10. The smallest absolute Gasteiger partial charge is 0.245 e. The molecule has 2 unspecified atom stereocenters. The first-order chi connectivity index (χ1) is 10.3. The average molecular weight is 305 g/mol. The molecule has 0 bridgehead atoms. The highest BCUT2D eigenvalue weighted by Gasteiger charge is 2.18. The molecule has 1 heterocycles. The minimum atomic E-state index is -0.538. The minimum Gasteiger partial charge on any atom is -0.473 e. The monoisotopic (exact) mass is 305 g/mol. The van der Waals surface area contributed by atoms with Crippen LogP contribution < -0.4 is 10.1 Å². The van der Waals surface area contributed by atoms with Gasteiger partial charge in [0.15, 0.2) is 0 Å². The van der Waals surface area contributed by atoms with Crippen LogP contribution in [0.5, 0.6) is 5.88 Å². The Labute approximate surface area is 128 Å². The van der Waals surface area contributed by atoms with Crippen LogP contribution in [0.1, 0.15) is 17.5 Å². The zero-order valence-electron chi connectivity index (χ0n) is 11.7. The van der Waals surface area contributed by atoms with E-state index in [1.54, 1.807) is 6.20 Å². The van der Waals surface area contributed by atoms with Gasteiger partial charge in [0.2, 0.25) is 5.88 Å². The van der Waals surface area contributed by atoms with E-state index in [0.717, 1.165) is 31.0 Å². The number of nitrogens with zero attached hydrogens (tertiary/aromatic N) is 2. The molecule has 112 valence electrons. The van der Waals surface area contributed by atoms with E-state index in [4.69, 9.17) is 4.74 Å². The molecule has 0 aliphatic heterocycles. The Morgan fingerprint density at radius 2 is 2.24 bits per heavy atom. The Balaban J connectivity index is 1.41. The maximum absolute atomic E-state index is 9.94. The quantitative estimate of drug-likeness (QED) is 0.845. The lowest BCUT2D eigenvalue weighted by atomic mass is 9.88. The SMILES string of the molecule is OC(CNC1CCc2ccccc2C1)COc1cnsn1. The van der Waals surface area contributed by atoms with Gasteiger partial charge in [0.1, 0.15) is 18.9 Å². The maximum Gasteiger partial charge on any atom is 0.245 e. The van der Waals surface area contributed by atoms with Crippen molar-refractivity contribution in [3.63, 3.8) is 0 Å². The van der Waals surface area contributed by atoms with Gasteiger partial charge in [0.05, 0.1) is 11.7 Å². The highest BCUT2D eigenvalue weighted by molar-refractivity contribution is 6.99. The summed E-state index contributed by atoms with van der Waals surface area (Å²) in [5.41, 5.74) is 2.87. The van der Waals surface area contributed by atoms with Gasteiger partial charge in [0, 0.05) is 12.6 Å². The Bertz CT molecular complexity index is 562. The van der Waals surface area contributed by atoms with Crippen molar-refractivity contribution in [2.24, 2.45) is 0 Å². The van der Waals surface area contributed by atoms with Crippen molar-refractivity contribution in [1.29, 1.82) is 0 Å². The first-order valence-corrected chi connectivity index (χ1v) is 7.93. The number of aryl methyl sites for hydroxylation is 1. The van der Waals surface area contributed by atoms with Crippen LogP contribution in [0.15, 0.2) is 30.5 Å². The van der Waals surface area contributed by atoms with Crippen molar-refractivity contribution in [3.05, 3.63) is 41.6 Å². The Hall–Kier alpha value is -1.50. The standard InChI is InChI=1S/C15H19N3O2S/c19-14(10-20-15-9-17-21-18-15)8-16-13-6-5-11-3-1-2-4-12(11)7-13/h1-4,9,13-14,16,19H,5-8,10H2. The van der Waals surface area contributed by atoms with E-state index in [1.807, 2.05) is 0 Å². The van der Waals surface area contributed by atoms with Crippen LogP contribution in [0.2, 0.25) is 0 Å². The molecule has 0 amide bonds. The van der Waals surface area contributed by atoms with Gasteiger partial charge in [-0.25, -0.2) is 0 Å². The fourth-order valence-electron chi connectivity index (χ4n) is 2.63. The molecule has 2 atom stereocenters. The number of aliphatic hydroxyl groups is 1. The molecule has 0 saturated heterocycles. The number of aliphatic hydroxyl groups excluding tert-OH is 1. The molecular formula is C15H19N3O2S. The molecule has 6 heteroatoms. The normalized spacial score (nSPS) is 19.0. The summed E-state index contributed by atoms with van der Waals surface area (Å²) in [6.07, 6.45) is 4.26. The Kier molecular flexibility index (Phi) is 4.80. The van der Waals surface area contributed by atoms with Gasteiger partial charge in [0.25, 0.3) is 0 Å². The lowest BCUT2D eigenvalue weighted by molar-refractivity contribution is 0.101. The topological polar surface area (TPSA) is 67.3 Å². The van der Waals surface area contributed by atoms with Crippen LogP contribution in [0.25, 0.3) is 0 Å². The van der Waals surface area contributed by atoms with Crippen molar-refractivity contribution in [1.82, 2.24) is 14.1 Å². The van der Waals surface area contributed by atoms with E-state index in [2.05, 4.69) is 38.3 Å². The van der Waals surface area contributed by atoms with Gasteiger partial charge in [-0.2, -0.15) is 4.37 Å². The zero-order chi connectivity index (χ0) is 14.5. The predicted molar refractivity (Wildman–Crippen MR) is 81.7 cm³/mol. The number of hydrogen-bond donors (Lipinski definition) is 2. The van der Waals surface area contributed by atoms with Gasteiger partial charge < -0.3 is 15.2 Å². The van der Waals surface area contributed by atoms with Crippen molar-refractivity contribution in [3.8, 4) is 5.88 Å². The van der Waals surface area contributed by atoms with Crippen LogP contribution in [-0.2, 0) is 12.8 Å². The van der Waals surface area contributed by atoms with Crippen LogP contribution >= 0.6 is 11.7 Å². The first-order valence-electron chi connectivity index (χ1n) is 7.20. The fraction of sp³-hybridized carbons (Fsp3) is 0.467. The second-order valence-corrected chi connectivity index (χ2v) is 5.88. The van der Waals surface area contributed by atoms with Crippen molar-refractivity contribution in [2.45, 2.75) is 31.4 Å². The van der Waals surface area contributed by atoms with Crippen molar-refractivity contribution < 1.29 is 9.84 Å². The van der Waals surface area contributed by atoms with Gasteiger partial charge in [-0.15, -0.1) is 4.37 Å². The average Bonchev–Trinajstić information content (AvgIpc) is 3.04. The summed E-state index contributed by atoms with van der Waals surface area (Å²) < 4.78 is 13.1. The minimum absolute atomic E-state index is 0.238. The zero-order valence-corrected chi connectivity index (χ0v) is 12.6. The number of fused-ring (bicyclic) bond motifs is 1. The summed E-state index contributed by atoms with van der Waals surface area (Å²) in [5.74, 6) is 0.477. The van der Waals surface area contributed by atoms with Crippen LogP contribution in [-0.4, -0.2) is 39.2 Å². The van der Waals surface area contributed by atoms with Crippen LogP contribution in [0.3, 0.4) is 0 Å².